The Hall–Kier alpha value is -17.2. The average Bonchev–Trinajstić information content (AvgIpc) is 1.51. The van der Waals surface area contributed by atoms with Gasteiger partial charge >= 0.3 is 0 Å². The summed E-state index contributed by atoms with van der Waals surface area (Å²) in [6.45, 7) is 18.0. The van der Waals surface area contributed by atoms with Crippen LogP contribution in [0.1, 0.15) is 77.6 Å². The highest BCUT2D eigenvalue weighted by atomic mass is 15.2. The van der Waals surface area contributed by atoms with Crippen LogP contribution in [0.2, 0.25) is 0 Å². The van der Waals surface area contributed by atoms with Crippen molar-refractivity contribution in [3.8, 4) is 89.0 Å². The van der Waals surface area contributed by atoms with Gasteiger partial charge < -0.3 is 19.6 Å². The molecule has 4 heteroatoms. The molecule has 0 aliphatic heterocycles. The topological polar surface area (TPSA) is 13.0 Å². The minimum absolute atomic E-state index is 0.297. The molecular formula is C139H114N4. The number of fused-ring (bicyclic) bond motifs is 16. The van der Waals surface area contributed by atoms with Gasteiger partial charge in [-0.25, -0.2) is 0 Å². The number of anilines is 8. The van der Waals surface area contributed by atoms with Gasteiger partial charge in [0.2, 0.25) is 0 Å². The summed E-state index contributed by atoms with van der Waals surface area (Å²) in [6.07, 6.45) is 0. The molecule has 0 saturated heterocycles. The SMILES string of the molecule is CC(C)N(c1ccc(-c2ccc3ccccc3c2)cc1)c1ccc(-c2ccc3ccccc3c2)cc1.CC(C)N(c1ccc(-c2cccc3ccccc23)cc1)c1ccc(-c2cccc3ccccc23)cc1.CC(C)N(c1cccc(-c2cccc3ccccc23)c1)c1cccc(-c2cccc3ccccc23)c1.CC(C)N(c1ccccc1)c1ccc2c(c1)C1(c3ccccc3-c3ccccc31)c1ccccc1-2. The van der Waals surface area contributed by atoms with Crippen molar-refractivity contribution in [2.45, 2.75) is 85.0 Å². The molecule has 1 spiro atoms. The molecule has 23 aromatic rings. The first-order valence-electron chi connectivity index (χ1n) is 50.4. The Bertz CT molecular complexity index is 8090. The van der Waals surface area contributed by atoms with Crippen LogP contribution in [0.3, 0.4) is 0 Å². The smallest absolute Gasteiger partial charge is 0.0726 e. The first kappa shape index (κ1) is 90.9. The first-order chi connectivity index (χ1) is 70.2. The zero-order valence-corrected chi connectivity index (χ0v) is 82.3. The third-order valence-electron chi connectivity index (χ3n) is 28.8. The highest BCUT2D eigenvalue weighted by Crippen LogP contribution is 2.63. The molecular weight excluding hydrogens is 1730 g/mol. The first-order valence-corrected chi connectivity index (χ1v) is 50.4. The summed E-state index contributed by atoms with van der Waals surface area (Å²) < 4.78 is 0. The molecule has 25 rings (SSSR count). The Morgan fingerprint density at radius 2 is 0.364 bits per heavy atom. The van der Waals surface area contributed by atoms with E-state index in [1.165, 1.54) is 221 Å². The minimum Gasteiger partial charge on any atom is -0.339 e. The fourth-order valence-corrected chi connectivity index (χ4v) is 22.3. The normalized spacial score (nSPS) is 11.9. The second-order valence-electron chi connectivity index (χ2n) is 38.8. The number of hydrogen-bond acceptors (Lipinski definition) is 4. The molecule has 2 aliphatic carbocycles. The molecule has 0 fully saturated rings. The summed E-state index contributed by atoms with van der Waals surface area (Å²) in [6, 6.07) is 191. The third-order valence-corrected chi connectivity index (χ3v) is 28.8. The van der Waals surface area contributed by atoms with Gasteiger partial charge in [-0.15, -0.1) is 0 Å². The lowest BCUT2D eigenvalue weighted by Crippen LogP contribution is -2.28. The van der Waals surface area contributed by atoms with Crippen molar-refractivity contribution < 1.29 is 0 Å². The van der Waals surface area contributed by atoms with Crippen LogP contribution in [0.4, 0.5) is 45.5 Å². The largest absolute Gasteiger partial charge is 0.339 e. The number of rotatable bonds is 18. The fourth-order valence-electron chi connectivity index (χ4n) is 22.3. The van der Waals surface area contributed by atoms with Crippen molar-refractivity contribution in [1.82, 2.24) is 0 Å². The van der Waals surface area contributed by atoms with Gasteiger partial charge in [0.25, 0.3) is 0 Å². The van der Waals surface area contributed by atoms with Crippen LogP contribution in [0.15, 0.2) is 522 Å². The molecule has 4 nitrogen and oxygen atoms in total. The van der Waals surface area contributed by atoms with Crippen molar-refractivity contribution in [2.75, 3.05) is 19.6 Å². The lowest BCUT2D eigenvalue weighted by atomic mass is 9.70. The summed E-state index contributed by atoms with van der Waals surface area (Å²) in [5, 5.41) is 15.3. The van der Waals surface area contributed by atoms with Gasteiger partial charge in [0.05, 0.1) is 5.41 Å². The van der Waals surface area contributed by atoms with E-state index in [2.05, 4.69) is 597 Å². The lowest BCUT2D eigenvalue weighted by molar-refractivity contribution is 0.776. The molecule has 0 aromatic heterocycles. The molecule has 0 saturated carbocycles. The van der Waals surface area contributed by atoms with Crippen LogP contribution >= 0.6 is 0 Å². The molecule has 0 heterocycles. The van der Waals surface area contributed by atoms with E-state index in [1.807, 2.05) is 0 Å². The lowest BCUT2D eigenvalue weighted by Gasteiger charge is -2.33. The van der Waals surface area contributed by atoms with E-state index in [0.717, 1.165) is 0 Å². The zero-order valence-electron chi connectivity index (χ0n) is 82.3. The number of para-hydroxylation sites is 1. The highest BCUT2D eigenvalue weighted by molar-refractivity contribution is 6.03. The van der Waals surface area contributed by atoms with E-state index < -0.39 is 0 Å². The van der Waals surface area contributed by atoms with Gasteiger partial charge in [0.1, 0.15) is 0 Å². The summed E-state index contributed by atoms with van der Waals surface area (Å²) in [5.41, 5.74) is 35.3. The maximum Gasteiger partial charge on any atom is 0.0726 e. The van der Waals surface area contributed by atoms with Gasteiger partial charge in [-0.1, -0.05) is 413 Å². The summed E-state index contributed by atoms with van der Waals surface area (Å²) >= 11 is 0. The Kier molecular flexibility index (Phi) is 25.4. The van der Waals surface area contributed by atoms with Crippen molar-refractivity contribution in [2.24, 2.45) is 0 Å². The van der Waals surface area contributed by atoms with E-state index >= 15 is 0 Å². The van der Waals surface area contributed by atoms with Gasteiger partial charge in [-0.05, 0) is 340 Å². The summed E-state index contributed by atoms with van der Waals surface area (Å²) in [5.74, 6) is 0. The molecule has 23 aromatic carbocycles. The number of hydrogen-bond donors (Lipinski definition) is 0. The van der Waals surface area contributed by atoms with E-state index in [0.29, 0.717) is 24.2 Å². The summed E-state index contributed by atoms with van der Waals surface area (Å²) in [4.78, 5) is 9.68. The van der Waals surface area contributed by atoms with Gasteiger partial charge in [0.15, 0.2) is 0 Å². The van der Waals surface area contributed by atoms with Gasteiger partial charge in [-0.3, -0.25) is 0 Å². The maximum absolute atomic E-state index is 2.46. The van der Waals surface area contributed by atoms with Crippen molar-refractivity contribution in [1.29, 1.82) is 0 Å². The molecule has 2 aliphatic rings. The number of benzene rings is 23. The maximum atomic E-state index is 2.46. The van der Waals surface area contributed by atoms with Gasteiger partial charge in [-0.2, -0.15) is 0 Å². The quantitative estimate of drug-likeness (QED) is 0.0849. The highest BCUT2D eigenvalue weighted by Gasteiger charge is 2.52. The van der Waals surface area contributed by atoms with Crippen LogP contribution in [-0.2, 0) is 5.41 Å². The minimum atomic E-state index is -0.297. The summed E-state index contributed by atoms with van der Waals surface area (Å²) in [7, 11) is 0. The Morgan fingerprint density at radius 3 is 0.720 bits per heavy atom. The predicted molar refractivity (Wildman–Crippen MR) is 615 cm³/mol. The molecule has 0 bridgehead atoms. The Balaban J connectivity index is 0.000000109. The van der Waals surface area contributed by atoms with E-state index in [9.17, 15) is 0 Å². The second-order valence-corrected chi connectivity index (χ2v) is 38.8. The third kappa shape index (κ3) is 17.8. The Morgan fingerprint density at radius 1 is 0.133 bits per heavy atom. The molecule has 690 valence electrons. The molecule has 0 radical (unpaired) electrons. The molecule has 143 heavy (non-hydrogen) atoms. The van der Waals surface area contributed by atoms with Crippen molar-refractivity contribution >= 4 is 110 Å². The van der Waals surface area contributed by atoms with E-state index in [1.54, 1.807) is 0 Å². The van der Waals surface area contributed by atoms with Crippen molar-refractivity contribution in [3.63, 3.8) is 0 Å². The Labute approximate surface area is 841 Å². The van der Waals surface area contributed by atoms with E-state index in [-0.39, 0.29) is 5.41 Å². The van der Waals surface area contributed by atoms with Crippen LogP contribution in [-0.4, -0.2) is 24.2 Å². The monoisotopic (exact) mass is 1840 g/mol. The standard InChI is InChI=1S/3C35H29N.C34H27N/c1-25(2)36(30-17-7-15-28(23-30)34-21-9-13-26-11-3-5-19-32(26)34)31-18-8-16-29(24-31)35-22-10-14-27-12-4-6-20-33(27)35;1-25(2)36(30-21-17-28(18-22-30)34-15-7-11-26-9-3-5-13-32(26)34)31-23-19-29(20-24-31)35-16-8-12-27-10-4-6-14-33(27)35;1-25(2)36(34-19-15-28(16-20-34)32-13-11-26-7-3-5-9-30(26)23-32)35-21-17-29(18-22-35)33-14-12-27-8-4-6-10-31(27)24-33;1-23(2)35(24-12-4-3-5-13-24)25-20-21-29-28-16-8-11-19-32(28)34(33(29)22-25)30-17-9-6-14-26(30)27-15-7-10-18-31(27)34/h3*3-25H,1-2H3;3-23H,1-2H3. The van der Waals surface area contributed by atoms with Crippen LogP contribution in [0, 0.1) is 0 Å². The molecule has 0 amide bonds. The molecule has 0 atom stereocenters. The molecule has 0 unspecified atom stereocenters. The molecule has 0 N–H and O–H groups in total. The van der Waals surface area contributed by atoms with Crippen LogP contribution in [0.25, 0.3) is 154 Å². The zero-order chi connectivity index (χ0) is 97.0. The number of nitrogens with zero attached hydrogens (tertiary/aromatic N) is 4. The second kappa shape index (κ2) is 40.0. The van der Waals surface area contributed by atoms with Crippen LogP contribution in [0.5, 0.6) is 0 Å². The fraction of sp³-hybridized carbons (Fsp3) is 0.0935. The van der Waals surface area contributed by atoms with E-state index in [4.69, 9.17) is 0 Å². The average molecular weight is 1840 g/mol. The van der Waals surface area contributed by atoms with Crippen LogP contribution < -0.4 is 19.6 Å². The van der Waals surface area contributed by atoms with Gasteiger partial charge in [0, 0.05) is 69.7 Å². The predicted octanol–water partition coefficient (Wildman–Crippen LogP) is 38.2. The van der Waals surface area contributed by atoms with Crippen molar-refractivity contribution in [3.05, 3.63) is 544 Å².